The molecule has 0 N–H and O–H groups in total. The van der Waals surface area contributed by atoms with E-state index >= 15 is 0 Å². The van der Waals surface area contributed by atoms with E-state index in [0.29, 0.717) is 0 Å². The molecule has 0 spiro atoms. The molecule has 0 saturated carbocycles. The number of allylic oxidation sites excluding steroid dienone is 4. The summed E-state index contributed by atoms with van der Waals surface area (Å²) in [7, 11) is 0. The van der Waals surface area contributed by atoms with E-state index in [1.165, 1.54) is 47.1 Å². The van der Waals surface area contributed by atoms with Crippen molar-refractivity contribution in [1.82, 2.24) is 0 Å². The molecule has 0 amide bonds. The van der Waals surface area contributed by atoms with E-state index in [9.17, 15) is 0 Å². The van der Waals surface area contributed by atoms with Crippen LogP contribution in [0.2, 0.25) is 0 Å². The Bertz CT molecular complexity index is 648. The van der Waals surface area contributed by atoms with Gasteiger partial charge in [0.25, 0.3) is 0 Å². The lowest BCUT2D eigenvalue weighted by molar-refractivity contribution is 0.363. The van der Waals surface area contributed by atoms with E-state index in [1.54, 1.807) is 0 Å². The Balaban J connectivity index is 3.23. The van der Waals surface area contributed by atoms with Gasteiger partial charge in [0.15, 0.2) is 0 Å². The van der Waals surface area contributed by atoms with Crippen molar-refractivity contribution >= 4 is 0 Å². The number of unbranched alkanes of at least 4 members (excludes halogenated alkanes) is 1. The molecule has 0 aliphatic heterocycles. The van der Waals surface area contributed by atoms with Crippen LogP contribution in [-0.2, 0) is 5.41 Å². The number of hydrogen-bond acceptors (Lipinski definition) is 0. The van der Waals surface area contributed by atoms with Gasteiger partial charge in [0.2, 0.25) is 0 Å². The topological polar surface area (TPSA) is 0 Å². The van der Waals surface area contributed by atoms with Crippen LogP contribution in [0.4, 0.5) is 0 Å². The predicted molar refractivity (Wildman–Crippen MR) is 123 cm³/mol. The van der Waals surface area contributed by atoms with Crippen LogP contribution < -0.4 is 0 Å². The van der Waals surface area contributed by atoms with Gasteiger partial charge in [0.05, 0.1) is 0 Å². The molecule has 0 saturated heterocycles. The van der Waals surface area contributed by atoms with Crippen LogP contribution in [0, 0.1) is 12.3 Å². The molecule has 0 radical (unpaired) electrons. The predicted octanol–water partition coefficient (Wildman–Crippen LogP) is 8.72. The maximum atomic E-state index is 4.54. The fraction of sp³-hybridized carbons (Fsp3) is 0.556. The lowest BCUT2D eigenvalue weighted by Crippen LogP contribution is -2.26. The Hall–Kier alpha value is -1.56. The number of benzene rings is 1. The quantitative estimate of drug-likeness (QED) is 0.363. The van der Waals surface area contributed by atoms with Crippen LogP contribution in [0.1, 0.15) is 91.2 Å². The van der Waals surface area contributed by atoms with Crippen molar-refractivity contribution in [3.63, 3.8) is 0 Å². The fourth-order valence-electron chi connectivity index (χ4n) is 3.67. The Morgan fingerprint density at radius 2 is 1.59 bits per heavy atom. The molecule has 1 aromatic rings. The van der Waals surface area contributed by atoms with E-state index in [4.69, 9.17) is 0 Å². The summed E-state index contributed by atoms with van der Waals surface area (Å²) in [4.78, 5) is 0. The molecular formula is C27H42. The third-order valence-corrected chi connectivity index (χ3v) is 6.05. The van der Waals surface area contributed by atoms with Gasteiger partial charge in [-0.25, -0.2) is 0 Å². The van der Waals surface area contributed by atoms with E-state index in [2.05, 4.69) is 92.0 Å². The molecule has 0 fully saturated rings. The van der Waals surface area contributed by atoms with Crippen molar-refractivity contribution < 1.29 is 0 Å². The Morgan fingerprint density at radius 1 is 1.00 bits per heavy atom. The SMILES string of the molecule is C=C(CC(CC)(CCCC)c1ccc(C)cc1)/C(=C/C(=C)C(C)(C)C)CC. The minimum atomic E-state index is 0.0989. The summed E-state index contributed by atoms with van der Waals surface area (Å²) in [5.41, 5.74) is 6.90. The third kappa shape index (κ3) is 6.52. The minimum absolute atomic E-state index is 0.0989. The minimum Gasteiger partial charge on any atom is -0.0955 e. The highest BCUT2D eigenvalue weighted by molar-refractivity contribution is 5.40. The van der Waals surface area contributed by atoms with Gasteiger partial charge in [-0.3, -0.25) is 0 Å². The summed E-state index contributed by atoms with van der Waals surface area (Å²) in [5, 5.41) is 0. The normalized spacial score (nSPS) is 14.7. The van der Waals surface area contributed by atoms with Crippen molar-refractivity contribution in [2.75, 3.05) is 0 Å². The second-order valence-electron chi connectivity index (χ2n) is 9.18. The molecule has 1 rings (SSSR count). The highest BCUT2D eigenvalue weighted by atomic mass is 14.3. The van der Waals surface area contributed by atoms with E-state index in [1.807, 2.05) is 0 Å². The molecule has 0 heterocycles. The summed E-state index contributed by atoms with van der Waals surface area (Å²) in [6.07, 6.45) is 9.19. The highest BCUT2D eigenvalue weighted by Crippen LogP contribution is 2.41. The molecule has 0 aliphatic carbocycles. The van der Waals surface area contributed by atoms with Gasteiger partial charge >= 0.3 is 0 Å². The monoisotopic (exact) mass is 366 g/mol. The molecule has 0 bridgehead atoms. The van der Waals surface area contributed by atoms with Crippen LogP contribution in [0.5, 0.6) is 0 Å². The Labute approximate surface area is 169 Å². The molecular weight excluding hydrogens is 324 g/mol. The molecule has 1 unspecified atom stereocenters. The summed E-state index contributed by atoms with van der Waals surface area (Å²) < 4.78 is 0. The van der Waals surface area contributed by atoms with Gasteiger partial charge < -0.3 is 0 Å². The molecule has 1 aromatic carbocycles. The van der Waals surface area contributed by atoms with E-state index in [0.717, 1.165) is 19.3 Å². The highest BCUT2D eigenvalue weighted by Gasteiger charge is 2.31. The first-order chi connectivity index (χ1) is 12.6. The van der Waals surface area contributed by atoms with Crippen molar-refractivity contribution in [2.24, 2.45) is 5.41 Å². The summed E-state index contributed by atoms with van der Waals surface area (Å²) in [6.45, 7) is 24.6. The van der Waals surface area contributed by atoms with Crippen molar-refractivity contribution in [3.8, 4) is 0 Å². The average molecular weight is 367 g/mol. The first-order valence-corrected chi connectivity index (χ1v) is 10.7. The van der Waals surface area contributed by atoms with Crippen LogP contribution in [-0.4, -0.2) is 0 Å². The van der Waals surface area contributed by atoms with Crippen molar-refractivity contribution in [1.29, 1.82) is 0 Å². The first-order valence-electron chi connectivity index (χ1n) is 10.7. The smallest absolute Gasteiger partial charge is 0.000938 e. The molecule has 0 aromatic heterocycles. The Kier molecular flexibility index (Phi) is 8.79. The summed E-state index contributed by atoms with van der Waals surface area (Å²) in [6, 6.07) is 9.19. The van der Waals surface area contributed by atoms with Crippen LogP contribution >= 0.6 is 0 Å². The zero-order valence-corrected chi connectivity index (χ0v) is 19.0. The second-order valence-corrected chi connectivity index (χ2v) is 9.18. The lowest BCUT2D eigenvalue weighted by atomic mass is 9.69. The zero-order valence-electron chi connectivity index (χ0n) is 19.0. The van der Waals surface area contributed by atoms with Gasteiger partial charge in [-0.2, -0.15) is 0 Å². The largest absolute Gasteiger partial charge is 0.0955 e. The van der Waals surface area contributed by atoms with Gasteiger partial charge in [-0.1, -0.05) is 109 Å². The molecule has 0 heteroatoms. The number of aryl methyl sites for hydroxylation is 1. The lowest BCUT2D eigenvalue weighted by Gasteiger charge is -2.35. The second kappa shape index (κ2) is 10.1. The van der Waals surface area contributed by atoms with Gasteiger partial charge in [0.1, 0.15) is 0 Å². The first kappa shape index (κ1) is 23.5. The molecule has 0 nitrogen and oxygen atoms in total. The van der Waals surface area contributed by atoms with Gasteiger partial charge in [0, 0.05) is 0 Å². The number of hydrogen-bond donors (Lipinski definition) is 0. The average Bonchev–Trinajstić information content (AvgIpc) is 2.62. The molecule has 27 heavy (non-hydrogen) atoms. The summed E-state index contributed by atoms with van der Waals surface area (Å²) in [5.74, 6) is 0. The van der Waals surface area contributed by atoms with Crippen LogP contribution in [0.25, 0.3) is 0 Å². The zero-order chi connectivity index (χ0) is 20.7. The van der Waals surface area contributed by atoms with Crippen molar-refractivity contribution in [2.45, 2.75) is 92.4 Å². The number of rotatable bonds is 10. The van der Waals surface area contributed by atoms with E-state index < -0.39 is 0 Å². The van der Waals surface area contributed by atoms with Crippen molar-refractivity contribution in [3.05, 3.63) is 71.3 Å². The summed E-state index contributed by atoms with van der Waals surface area (Å²) >= 11 is 0. The molecule has 0 aliphatic rings. The molecule has 1 atom stereocenters. The third-order valence-electron chi connectivity index (χ3n) is 6.05. The maximum absolute atomic E-state index is 4.54. The Morgan fingerprint density at radius 3 is 2.04 bits per heavy atom. The molecule has 150 valence electrons. The van der Waals surface area contributed by atoms with Crippen LogP contribution in [0.3, 0.4) is 0 Å². The van der Waals surface area contributed by atoms with Crippen LogP contribution in [0.15, 0.2) is 60.2 Å². The maximum Gasteiger partial charge on any atom is -0.000938 e. The fourth-order valence-corrected chi connectivity index (χ4v) is 3.67. The van der Waals surface area contributed by atoms with Gasteiger partial charge in [-0.15, -0.1) is 0 Å². The van der Waals surface area contributed by atoms with Gasteiger partial charge in [-0.05, 0) is 60.1 Å². The standard InChI is InChI=1S/C27H42/c1-10-13-18-27(12-3,25-16-14-21(4)15-17-25)20-22(5)24(11-2)19-23(6)26(7,8)9/h14-17,19H,5-6,10-13,18,20H2,1-4,7-9H3/b24-19+. The van der Waals surface area contributed by atoms with E-state index in [-0.39, 0.29) is 10.8 Å².